The highest BCUT2D eigenvalue weighted by Gasteiger charge is 2.21. The van der Waals surface area contributed by atoms with Crippen LogP contribution in [0.25, 0.3) is 10.8 Å². The van der Waals surface area contributed by atoms with Crippen molar-refractivity contribution in [3.8, 4) is 0 Å². The van der Waals surface area contributed by atoms with E-state index in [1.165, 1.54) is 16.7 Å². The number of hydrogen-bond acceptors (Lipinski definition) is 2. The van der Waals surface area contributed by atoms with Crippen LogP contribution in [0.2, 0.25) is 0 Å². The molecule has 4 nitrogen and oxygen atoms in total. The highest BCUT2D eigenvalue weighted by molar-refractivity contribution is 5.96. The number of aromatic nitrogens is 1. The van der Waals surface area contributed by atoms with E-state index in [-0.39, 0.29) is 17.5 Å². The third-order valence-electron chi connectivity index (χ3n) is 4.44. The molecular formula is C18H21FN2O2. The zero-order valence-corrected chi connectivity index (χ0v) is 13.3. The van der Waals surface area contributed by atoms with Crippen LogP contribution in [0.15, 0.2) is 29.1 Å². The molecule has 2 aromatic rings. The smallest absolute Gasteiger partial charge is 0.268 e. The minimum absolute atomic E-state index is 0.191. The monoisotopic (exact) mass is 316 g/mol. The molecule has 0 spiro atoms. The molecule has 1 amide bonds. The zero-order chi connectivity index (χ0) is 16.4. The third kappa shape index (κ3) is 3.14. The van der Waals surface area contributed by atoms with E-state index in [0.717, 1.165) is 32.1 Å². The van der Waals surface area contributed by atoms with Gasteiger partial charge in [0.2, 0.25) is 0 Å². The van der Waals surface area contributed by atoms with E-state index >= 15 is 0 Å². The van der Waals surface area contributed by atoms with Crippen LogP contribution in [0.3, 0.4) is 0 Å². The number of amides is 1. The molecule has 5 heteroatoms. The van der Waals surface area contributed by atoms with Crippen molar-refractivity contribution in [1.82, 2.24) is 9.88 Å². The van der Waals surface area contributed by atoms with Gasteiger partial charge in [-0.1, -0.05) is 25.8 Å². The highest BCUT2D eigenvalue weighted by atomic mass is 19.1. The molecular weight excluding hydrogens is 295 g/mol. The minimum Gasteiger partial charge on any atom is -0.348 e. The van der Waals surface area contributed by atoms with Gasteiger partial charge in [-0.25, -0.2) is 4.39 Å². The second-order valence-corrected chi connectivity index (χ2v) is 6.17. The molecule has 0 bridgehead atoms. The summed E-state index contributed by atoms with van der Waals surface area (Å²) in [7, 11) is 0. The van der Waals surface area contributed by atoms with Gasteiger partial charge in [0.1, 0.15) is 11.5 Å². The Labute approximate surface area is 134 Å². The lowest BCUT2D eigenvalue weighted by Crippen LogP contribution is -2.37. The molecule has 1 aliphatic rings. The average Bonchev–Trinajstić information content (AvgIpc) is 3.03. The summed E-state index contributed by atoms with van der Waals surface area (Å²) in [6.45, 7) is 2.39. The molecule has 1 heterocycles. The molecule has 1 aromatic carbocycles. The molecule has 1 aliphatic carbocycles. The third-order valence-corrected chi connectivity index (χ3v) is 4.44. The van der Waals surface area contributed by atoms with Gasteiger partial charge in [-0.3, -0.25) is 9.59 Å². The van der Waals surface area contributed by atoms with E-state index in [1.807, 2.05) is 6.92 Å². The van der Waals surface area contributed by atoms with Crippen LogP contribution in [0.1, 0.15) is 49.5 Å². The van der Waals surface area contributed by atoms with Crippen LogP contribution in [-0.4, -0.2) is 16.5 Å². The Balaban J connectivity index is 2.06. The zero-order valence-electron chi connectivity index (χ0n) is 13.3. The number of nitrogens with one attached hydrogen (secondary N) is 1. The summed E-state index contributed by atoms with van der Waals surface area (Å²) in [5, 5.41) is 3.94. The van der Waals surface area contributed by atoms with E-state index in [4.69, 9.17) is 0 Å². The van der Waals surface area contributed by atoms with Crippen LogP contribution in [0.5, 0.6) is 0 Å². The SMILES string of the molecule is CCCn1c(C(=O)NC2CCCC2)cc2ccc(F)cc2c1=O. The average molecular weight is 316 g/mol. The summed E-state index contributed by atoms with van der Waals surface area (Å²) in [6, 6.07) is 5.98. The Hall–Kier alpha value is -2.17. The fourth-order valence-electron chi connectivity index (χ4n) is 3.28. The maximum atomic E-state index is 13.4. The predicted molar refractivity (Wildman–Crippen MR) is 88.2 cm³/mol. The lowest BCUT2D eigenvalue weighted by Gasteiger charge is -2.16. The normalized spacial score (nSPS) is 15.2. The van der Waals surface area contributed by atoms with Gasteiger partial charge in [0.25, 0.3) is 11.5 Å². The van der Waals surface area contributed by atoms with Gasteiger partial charge in [-0.05, 0) is 42.8 Å². The lowest BCUT2D eigenvalue weighted by molar-refractivity contribution is 0.0927. The molecule has 1 N–H and O–H groups in total. The number of carbonyl (C=O) groups is 1. The van der Waals surface area contributed by atoms with Crippen molar-refractivity contribution in [2.75, 3.05) is 0 Å². The predicted octanol–water partition coefficient (Wildman–Crippen LogP) is 3.22. The van der Waals surface area contributed by atoms with E-state index in [2.05, 4.69) is 5.32 Å². The molecule has 1 fully saturated rings. The number of hydrogen-bond donors (Lipinski definition) is 1. The van der Waals surface area contributed by atoms with E-state index < -0.39 is 5.82 Å². The Morgan fingerprint density at radius 2 is 2.04 bits per heavy atom. The number of halogens is 1. The van der Waals surface area contributed by atoms with Crippen LogP contribution < -0.4 is 10.9 Å². The molecule has 0 saturated heterocycles. The van der Waals surface area contributed by atoms with E-state index in [0.29, 0.717) is 23.0 Å². The Bertz CT molecular complexity index is 791. The summed E-state index contributed by atoms with van der Waals surface area (Å²) in [5.74, 6) is -0.658. The molecule has 122 valence electrons. The summed E-state index contributed by atoms with van der Waals surface area (Å²) in [4.78, 5) is 25.3. The van der Waals surface area contributed by atoms with Gasteiger partial charge in [-0.2, -0.15) is 0 Å². The number of nitrogens with zero attached hydrogens (tertiary/aromatic N) is 1. The van der Waals surface area contributed by atoms with Gasteiger partial charge in [0.05, 0.1) is 5.39 Å². The van der Waals surface area contributed by atoms with Gasteiger partial charge >= 0.3 is 0 Å². The number of carbonyl (C=O) groups excluding carboxylic acids is 1. The molecule has 0 aliphatic heterocycles. The maximum absolute atomic E-state index is 13.4. The molecule has 0 atom stereocenters. The van der Waals surface area contributed by atoms with Crippen LogP contribution in [0.4, 0.5) is 4.39 Å². The molecule has 0 unspecified atom stereocenters. The fourth-order valence-corrected chi connectivity index (χ4v) is 3.28. The van der Waals surface area contributed by atoms with Gasteiger partial charge < -0.3 is 9.88 Å². The summed E-state index contributed by atoms with van der Waals surface area (Å²) >= 11 is 0. The van der Waals surface area contributed by atoms with Crippen molar-refractivity contribution < 1.29 is 9.18 Å². The first-order valence-electron chi connectivity index (χ1n) is 8.24. The molecule has 1 aromatic heterocycles. The van der Waals surface area contributed by atoms with Crippen LogP contribution in [0, 0.1) is 5.82 Å². The Kier molecular flexibility index (Phi) is 4.46. The highest BCUT2D eigenvalue weighted by Crippen LogP contribution is 2.19. The molecule has 3 rings (SSSR count). The van der Waals surface area contributed by atoms with Gasteiger partial charge in [0.15, 0.2) is 0 Å². The largest absolute Gasteiger partial charge is 0.348 e. The van der Waals surface area contributed by atoms with Crippen LogP contribution in [-0.2, 0) is 6.54 Å². The van der Waals surface area contributed by atoms with Crippen molar-refractivity contribution in [2.45, 2.75) is 51.6 Å². The number of pyridine rings is 1. The summed E-state index contributed by atoms with van der Waals surface area (Å²) in [6.07, 6.45) is 4.96. The summed E-state index contributed by atoms with van der Waals surface area (Å²) < 4.78 is 14.9. The standard InChI is InChI=1S/C18H21FN2O2/c1-2-9-21-16(17(22)20-14-5-3-4-6-14)10-12-7-8-13(19)11-15(12)18(21)23/h7-8,10-11,14H,2-6,9H2,1H3,(H,20,22). The van der Waals surface area contributed by atoms with Crippen molar-refractivity contribution in [1.29, 1.82) is 0 Å². The van der Waals surface area contributed by atoms with Gasteiger partial charge in [-0.15, -0.1) is 0 Å². The number of benzene rings is 1. The summed E-state index contributed by atoms with van der Waals surface area (Å²) in [5.41, 5.74) is 0.0586. The van der Waals surface area contributed by atoms with Crippen molar-refractivity contribution in [3.63, 3.8) is 0 Å². The Morgan fingerprint density at radius 3 is 2.74 bits per heavy atom. The van der Waals surface area contributed by atoms with E-state index in [9.17, 15) is 14.0 Å². The fraction of sp³-hybridized carbons (Fsp3) is 0.444. The molecule has 1 saturated carbocycles. The topological polar surface area (TPSA) is 51.1 Å². The van der Waals surface area contributed by atoms with E-state index in [1.54, 1.807) is 12.1 Å². The maximum Gasteiger partial charge on any atom is 0.268 e. The van der Waals surface area contributed by atoms with Crippen LogP contribution >= 0.6 is 0 Å². The van der Waals surface area contributed by atoms with Crippen molar-refractivity contribution >= 4 is 16.7 Å². The van der Waals surface area contributed by atoms with Crippen molar-refractivity contribution in [2.24, 2.45) is 0 Å². The first kappa shape index (κ1) is 15.7. The number of fused-ring (bicyclic) bond motifs is 1. The second kappa shape index (κ2) is 6.52. The lowest BCUT2D eigenvalue weighted by atomic mass is 10.1. The first-order chi connectivity index (χ1) is 11.1. The van der Waals surface area contributed by atoms with Gasteiger partial charge in [0, 0.05) is 12.6 Å². The second-order valence-electron chi connectivity index (χ2n) is 6.17. The number of rotatable bonds is 4. The molecule has 0 radical (unpaired) electrons. The quantitative estimate of drug-likeness (QED) is 0.941. The minimum atomic E-state index is -0.444. The molecule has 23 heavy (non-hydrogen) atoms. The first-order valence-corrected chi connectivity index (χ1v) is 8.24. The van der Waals surface area contributed by atoms with Crippen molar-refractivity contribution in [3.05, 3.63) is 46.1 Å². The Morgan fingerprint density at radius 1 is 1.30 bits per heavy atom.